The summed E-state index contributed by atoms with van der Waals surface area (Å²) in [5, 5.41) is 8.22. The lowest BCUT2D eigenvalue weighted by atomic mass is 10.1. The molecule has 0 aliphatic heterocycles. The number of hydrogen-bond acceptors (Lipinski definition) is 6. The Morgan fingerprint density at radius 1 is 0.857 bits per heavy atom. The molecule has 0 saturated carbocycles. The van der Waals surface area contributed by atoms with Crippen LogP contribution < -0.4 is 16.0 Å². The second-order valence-electron chi connectivity index (χ2n) is 9.07. The first-order valence-corrected chi connectivity index (χ1v) is 11.6. The largest absolute Gasteiger partial charge is 0.445 e. The van der Waals surface area contributed by atoms with E-state index in [1.165, 1.54) is 0 Å². The molecule has 0 aliphatic rings. The van der Waals surface area contributed by atoms with E-state index in [1.54, 1.807) is 24.3 Å². The maximum Gasteiger partial charge on any atom is 0.408 e. The van der Waals surface area contributed by atoms with Crippen molar-refractivity contribution in [3.63, 3.8) is 0 Å². The summed E-state index contributed by atoms with van der Waals surface area (Å²) in [6, 6.07) is 17.4. The molecule has 190 valence electrons. The van der Waals surface area contributed by atoms with Gasteiger partial charge in [0.15, 0.2) is 0 Å². The average molecular weight is 485 g/mol. The fourth-order valence-electron chi connectivity index (χ4n) is 3.08. The number of benzene rings is 2. The minimum Gasteiger partial charge on any atom is -0.445 e. The van der Waals surface area contributed by atoms with E-state index in [0.29, 0.717) is 31.7 Å². The van der Waals surface area contributed by atoms with Crippen LogP contribution in [-0.2, 0) is 20.9 Å². The molecule has 3 N–H and O–H groups in total. The Labute approximate surface area is 207 Å². The molecule has 0 saturated heterocycles. The van der Waals surface area contributed by atoms with E-state index in [0.717, 1.165) is 5.56 Å². The molecule has 0 heterocycles. The average Bonchev–Trinajstić information content (AvgIpc) is 2.81. The number of amides is 3. The normalized spacial score (nSPS) is 11.9. The summed E-state index contributed by atoms with van der Waals surface area (Å²) in [6.07, 6.45) is -1.14. The Bertz CT molecular complexity index is 932. The van der Waals surface area contributed by atoms with Crippen molar-refractivity contribution in [1.82, 2.24) is 20.9 Å². The van der Waals surface area contributed by atoms with Crippen molar-refractivity contribution < 1.29 is 23.9 Å². The highest BCUT2D eigenvalue weighted by molar-refractivity contribution is 5.86. The molecule has 9 nitrogen and oxygen atoms in total. The zero-order valence-corrected chi connectivity index (χ0v) is 20.9. The predicted molar refractivity (Wildman–Crippen MR) is 134 cm³/mol. The van der Waals surface area contributed by atoms with Gasteiger partial charge in [-0.15, -0.1) is 0 Å². The molecule has 0 aromatic heterocycles. The van der Waals surface area contributed by atoms with Gasteiger partial charge < -0.3 is 30.3 Å². The second-order valence-corrected chi connectivity index (χ2v) is 9.07. The van der Waals surface area contributed by atoms with Crippen molar-refractivity contribution in [2.75, 3.05) is 33.2 Å². The molecule has 2 aromatic carbocycles. The third-order valence-corrected chi connectivity index (χ3v) is 4.82. The minimum absolute atomic E-state index is 0.109. The molecular weight excluding hydrogens is 448 g/mol. The van der Waals surface area contributed by atoms with Crippen LogP contribution in [0.1, 0.15) is 37.9 Å². The number of hydrogen-bond donors (Lipinski definition) is 3. The Balaban J connectivity index is 1.80. The summed E-state index contributed by atoms with van der Waals surface area (Å²) in [7, 11) is 1.89. The standard InChI is InChI=1S/C26H36N4O5/c1-26(2,3)35-24(32)28-16-18-30(4)17-15-27-23(31)22(21-13-9-6-10-14-21)29-25(33)34-19-20-11-7-5-8-12-20/h5-14,22H,15-19H2,1-4H3,(H,27,31)(H,28,32)(H,29,33)/t22-/m0/s1. The third kappa shape index (κ3) is 11.4. The highest BCUT2D eigenvalue weighted by atomic mass is 16.6. The lowest BCUT2D eigenvalue weighted by Gasteiger charge is -2.22. The van der Waals surface area contributed by atoms with E-state index >= 15 is 0 Å². The van der Waals surface area contributed by atoms with E-state index < -0.39 is 23.8 Å². The van der Waals surface area contributed by atoms with Gasteiger partial charge in [0.05, 0.1) is 0 Å². The highest BCUT2D eigenvalue weighted by Crippen LogP contribution is 2.13. The predicted octanol–water partition coefficient (Wildman–Crippen LogP) is 3.23. The van der Waals surface area contributed by atoms with Crippen LogP contribution in [0.25, 0.3) is 0 Å². The Morgan fingerprint density at radius 3 is 2.03 bits per heavy atom. The van der Waals surface area contributed by atoms with Crippen LogP contribution in [0.2, 0.25) is 0 Å². The first kappa shape index (κ1) is 27.7. The summed E-state index contributed by atoms with van der Waals surface area (Å²) in [6.45, 7) is 7.46. The third-order valence-electron chi connectivity index (χ3n) is 4.82. The maximum atomic E-state index is 12.9. The second kappa shape index (κ2) is 14.0. The lowest BCUT2D eigenvalue weighted by molar-refractivity contribution is -0.123. The van der Waals surface area contributed by atoms with Crippen LogP contribution in [0, 0.1) is 0 Å². The maximum absolute atomic E-state index is 12.9. The monoisotopic (exact) mass is 484 g/mol. The Hall–Kier alpha value is -3.59. The molecule has 0 spiro atoms. The molecule has 2 rings (SSSR count). The van der Waals surface area contributed by atoms with E-state index in [-0.39, 0.29) is 12.5 Å². The van der Waals surface area contributed by atoms with Gasteiger partial charge in [0, 0.05) is 26.2 Å². The van der Waals surface area contributed by atoms with E-state index in [4.69, 9.17) is 9.47 Å². The quantitative estimate of drug-likeness (QED) is 0.452. The molecule has 2 aromatic rings. The van der Waals surface area contributed by atoms with Gasteiger partial charge in [0.25, 0.3) is 0 Å². The van der Waals surface area contributed by atoms with Crippen LogP contribution in [0.5, 0.6) is 0 Å². The first-order valence-electron chi connectivity index (χ1n) is 11.6. The smallest absolute Gasteiger partial charge is 0.408 e. The number of nitrogens with one attached hydrogen (secondary N) is 3. The topological polar surface area (TPSA) is 109 Å². The number of carbonyl (C=O) groups is 3. The van der Waals surface area contributed by atoms with Crippen molar-refractivity contribution in [3.05, 3.63) is 71.8 Å². The van der Waals surface area contributed by atoms with Gasteiger partial charge in [-0.2, -0.15) is 0 Å². The van der Waals surface area contributed by atoms with E-state index in [2.05, 4.69) is 16.0 Å². The zero-order chi connectivity index (χ0) is 25.7. The Morgan fingerprint density at radius 2 is 1.43 bits per heavy atom. The number of alkyl carbamates (subject to hydrolysis) is 2. The minimum atomic E-state index is -0.890. The summed E-state index contributed by atoms with van der Waals surface area (Å²) in [4.78, 5) is 39.0. The van der Waals surface area contributed by atoms with Gasteiger partial charge in [-0.05, 0) is 38.9 Å². The number of likely N-dealkylation sites (N-methyl/N-ethyl adjacent to an activating group) is 1. The molecule has 1 atom stereocenters. The number of rotatable bonds is 11. The summed E-state index contributed by atoms with van der Waals surface area (Å²) in [5.74, 6) is -0.340. The Kier molecular flexibility index (Phi) is 11.0. The van der Waals surface area contributed by atoms with Gasteiger partial charge in [-0.3, -0.25) is 4.79 Å². The van der Waals surface area contributed by atoms with E-state index in [1.807, 2.05) is 69.1 Å². The van der Waals surface area contributed by atoms with Gasteiger partial charge in [0.2, 0.25) is 5.91 Å². The van der Waals surface area contributed by atoms with Gasteiger partial charge in [-0.1, -0.05) is 60.7 Å². The van der Waals surface area contributed by atoms with Crippen LogP contribution in [0.3, 0.4) is 0 Å². The molecule has 35 heavy (non-hydrogen) atoms. The van der Waals surface area contributed by atoms with Crippen LogP contribution in [-0.4, -0.2) is 61.8 Å². The number of ether oxygens (including phenoxy) is 2. The fraction of sp³-hybridized carbons (Fsp3) is 0.423. The van der Waals surface area contributed by atoms with Crippen LogP contribution >= 0.6 is 0 Å². The van der Waals surface area contributed by atoms with Crippen molar-refractivity contribution in [3.8, 4) is 0 Å². The molecule has 0 radical (unpaired) electrons. The van der Waals surface area contributed by atoms with Gasteiger partial charge >= 0.3 is 12.2 Å². The molecule has 3 amide bonds. The summed E-state index contributed by atoms with van der Waals surface area (Å²) >= 11 is 0. The van der Waals surface area contributed by atoms with E-state index in [9.17, 15) is 14.4 Å². The van der Waals surface area contributed by atoms with Crippen molar-refractivity contribution in [2.24, 2.45) is 0 Å². The number of carbonyl (C=O) groups excluding carboxylic acids is 3. The number of nitrogens with zero attached hydrogens (tertiary/aromatic N) is 1. The summed E-state index contributed by atoms with van der Waals surface area (Å²) < 4.78 is 10.5. The molecule has 9 heteroatoms. The first-order chi connectivity index (χ1) is 16.6. The molecule has 0 fully saturated rings. The fourth-order valence-corrected chi connectivity index (χ4v) is 3.08. The SMILES string of the molecule is CN(CCNC(=O)OC(C)(C)C)CCNC(=O)[C@@H](NC(=O)OCc1ccccc1)c1ccccc1. The zero-order valence-electron chi connectivity index (χ0n) is 20.9. The molecular formula is C26H36N4O5. The van der Waals surface area contributed by atoms with Crippen LogP contribution in [0.4, 0.5) is 9.59 Å². The van der Waals surface area contributed by atoms with Gasteiger partial charge in [0.1, 0.15) is 18.2 Å². The van der Waals surface area contributed by atoms with Gasteiger partial charge in [-0.25, -0.2) is 9.59 Å². The molecule has 0 bridgehead atoms. The summed E-state index contributed by atoms with van der Waals surface area (Å²) in [5.41, 5.74) is 0.960. The van der Waals surface area contributed by atoms with Crippen molar-refractivity contribution in [1.29, 1.82) is 0 Å². The van der Waals surface area contributed by atoms with Crippen molar-refractivity contribution in [2.45, 2.75) is 39.0 Å². The lowest BCUT2D eigenvalue weighted by Crippen LogP contribution is -2.43. The highest BCUT2D eigenvalue weighted by Gasteiger charge is 2.23. The van der Waals surface area contributed by atoms with Crippen LogP contribution in [0.15, 0.2) is 60.7 Å². The molecule has 0 unspecified atom stereocenters. The molecule has 0 aliphatic carbocycles. The van der Waals surface area contributed by atoms with Crippen molar-refractivity contribution >= 4 is 18.1 Å².